The van der Waals surface area contributed by atoms with Crippen LogP contribution < -0.4 is 14.9 Å². The normalized spacial score (nSPS) is 10.7. The van der Waals surface area contributed by atoms with Crippen LogP contribution in [0.1, 0.15) is 27.0 Å². The van der Waals surface area contributed by atoms with Gasteiger partial charge in [-0.05, 0) is 48.9 Å². The second kappa shape index (κ2) is 9.75. The molecule has 1 N–H and O–H groups in total. The average Bonchev–Trinajstić information content (AvgIpc) is 2.74. The lowest BCUT2D eigenvalue weighted by Gasteiger charge is -2.12. The molecular formula is C23H21ClN2O3. The molecule has 5 nitrogen and oxygen atoms in total. The fraction of sp³-hybridized carbons (Fsp3) is 0.130. The fourth-order valence-electron chi connectivity index (χ4n) is 2.59. The van der Waals surface area contributed by atoms with Crippen LogP contribution in [0.25, 0.3) is 0 Å². The Morgan fingerprint density at radius 2 is 1.83 bits per heavy atom. The van der Waals surface area contributed by atoms with Gasteiger partial charge in [0, 0.05) is 16.1 Å². The number of benzene rings is 3. The van der Waals surface area contributed by atoms with Crippen molar-refractivity contribution in [2.75, 3.05) is 7.11 Å². The number of amides is 1. The van der Waals surface area contributed by atoms with Crippen molar-refractivity contribution in [3.8, 4) is 11.5 Å². The zero-order valence-electron chi connectivity index (χ0n) is 16.2. The van der Waals surface area contributed by atoms with Gasteiger partial charge in [-0.2, -0.15) is 5.10 Å². The molecule has 0 aromatic heterocycles. The van der Waals surface area contributed by atoms with Crippen molar-refractivity contribution in [3.05, 3.63) is 94.0 Å². The second-order valence-corrected chi connectivity index (χ2v) is 6.76. The number of methoxy groups -OCH3 is 1. The number of aryl methyl sites for hydroxylation is 1. The first-order valence-electron chi connectivity index (χ1n) is 9.01. The highest BCUT2D eigenvalue weighted by Gasteiger charge is 2.07. The molecule has 0 saturated carbocycles. The van der Waals surface area contributed by atoms with E-state index >= 15 is 0 Å². The molecule has 0 heterocycles. The summed E-state index contributed by atoms with van der Waals surface area (Å²) in [6.07, 6.45) is 1.55. The van der Waals surface area contributed by atoms with Crippen LogP contribution in [0.3, 0.4) is 0 Å². The van der Waals surface area contributed by atoms with Crippen LogP contribution in [0, 0.1) is 6.92 Å². The van der Waals surface area contributed by atoms with E-state index in [0.29, 0.717) is 28.7 Å². The molecule has 0 radical (unpaired) electrons. The minimum absolute atomic E-state index is 0.270. The zero-order chi connectivity index (χ0) is 20.6. The molecule has 0 aliphatic rings. The molecule has 0 aliphatic carbocycles. The molecule has 6 heteroatoms. The van der Waals surface area contributed by atoms with E-state index < -0.39 is 0 Å². The van der Waals surface area contributed by atoms with Gasteiger partial charge in [-0.15, -0.1) is 0 Å². The van der Waals surface area contributed by atoms with Crippen LogP contribution in [-0.2, 0) is 6.61 Å². The van der Waals surface area contributed by atoms with E-state index in [1.807, 2.05) is 49.4 Å². The molecule has 1 amide bonds. The van der Waals surface area contributed by atoms with Crippen LogP contribution in [-0.4, -0.2) is 19.2 Å². The zero-order valence-corrected chi connectivity index (χ0v) is 16.9. The Morgan fingerprint density at radius 1 is 1.07 bits per heavy atom. The van der Waals surface area contributed by atoms with Gasteiger partial charge in [0.2, 0.25) is 0 Å². The van der Waals surface area contributed by atoms with Gasteiger partial charge in [0.05, 0.1) is 13.3 Å². The average molecular weight is 409 g/mol. The predicted octanol–water partition coefficient (Wildman–Crippen LogP) is 5.00. The summed E-state index contributed by atoms with van der Waals surface area (Å²) in [6.45, 7) is 2.30. The number of halogens is 1. The maximum atomic E-state index is 12.1. The fourth-order valence-corrected chi connectivity index (χ4v) is 2.78. The maximum absolute atomic E-state index is 12.1. The smallest absolute Gasteiger partial charge is 0.271 e. The number of hydrazone groups is 1. The highest BCUT2D eigenvalue weighted by Crippen LogP contribution is 2.29. The Hall–Kier alpha value is -3.31. The lowest BCUT2D eigenvalue weighted by Crippen LogP contribution is -2.17. The molecule has 3 aromatic rings. The van der Waals surface area contributed by atoms with Gasteiger partial charge in [0.1, 0.15) is 6.61 Å². The third kappa shape index (κ3) is 5.59. The van der Waals surface area contributed by atoms with Crippen molar-refractivity contribution in [2.45, 2.75) is 13.5 Å². The monoisotopic (exact) mass is 408 g/mol. The predicted molar refractivity (Wildman–Crippen MR) is 115 cm³/mol. The van der Waals surface area contributed by atoms with Gasteiger partial charge >= 0.3 is 0 Å². The van der Waals surface area contributed by atoms with Crippen molar-refractivity contribution in [1.29, 1.82) is 0 Å². The molecule has 3 rings (SSSR count). The Bertz CT molecular complexity index is 1020. The van der Waals surface area contributed by atoms with E-state index in [4.69, 9.17) is 21.1 Å². The first-order chi connectivity index (χ1) is 14.1. The van der Waals surface area contributed by atoms with Crippen LogP contribution >= 0.6 is 11.6 Å². The summed E-state index contributed by atoms with van der Waals surface area (Å²) in [5.74, 6) is 0.882. The number of carbonyl (C=O) groups is 1. The SMILES string of the molecule is COc1cc(/C=N/NC(=O)c2ccc(C)cc2)ccc1OCc1ccccc1Cl. The molecule has 0 fully saturated rings. The quantitative estimate of drug-likeness (QED) is 0.442. The summed E-state index contributed by atoms with van der Waals surface area (Å²) in [5.41, 5.74) is 5.81. The van der Waals surface area contributed by atoms with Crippen LogP contribution in [0.2, 0.25) is 5.02 Å². The van der Waals surface area contributed by atoms with Crippen molar-refractivity contribution < 1.29 is 14.3 Å². The van der Waals surface area contributed by atoms with Crippen LogP contribution in [0.5, 0.6) is 11.5 Å². The maximum Gasteiger partial charge on any atom is 0.271 e. The molecule has 0 bridgehead atoms. The Morgan fingerprint density at radius 3 is 2.55 bits per heavy atom. The summed E-state index contributed by atoms with van der Waals surface area (Å²) >= 11 is 6.16. The molecule has 148 valence electrons. The summed E-state index contributed by atoms with van der Waals surface area (Å²) in [7, 11) is 1.57. The Labute approximate surface area is 174 Å². The minimum atomic E-state index is -0.270. The van der Waals surface area contributed by atoms with Crippen LogP contribution in [0.15, 0.2) is 71.8 Å². The van der Waals surface area contributed by atoms with Gasteiger partial charge in [0.25, 0.3) is 5.91 Å². The number of ether oxygens (including phenoxy) is 2. The molecule has 3 aromatic carbocycles. The Kier molecular flexibility index (Phi) is 6.87. The van der Waals surface area contributed by atoms with E-state index in [9.17, 15) is 4.79 Å². The first kappa shape index (κ1) is 20.4. The third-order valence-electron chi connectivity index (χ3n) is 4.22. The topological polar surface area (TPSA) is 59.9 Å². The molecule has 0 saturated heterocycles. The second-order valence-electron chi connectivity index (χ2n) is 6.36. The lowest BCUT2D eigenvalue weighted by atomic mass is 10.1. The van der Waals surface area contributed by atoms with Crippen LogP contribution in [0.4, 0.5) is 0 Å². The molecule has 0 aliphatic heterocycles. The first-order valence-corrected chi connectivity index (χ1v) is 9.39. The number of nitrogens with zero attached hydrogens (tertiary/aromatic N) is 1. The largest absolute Gasteiger partial charge is 0.493 e. The van der Waals surface area contributed by atoms with E-state index in [2.05, 4.69) is 10.5 Å². The summed E-state index contributed by atoms with van der Waals surface area (Å²) in [4.78, 5) is 12.1. The summed E-state index contributed by atoms with van der Waals surface area (Å²) in [6, 6.07) is 20.2. The third-order valence-corrected chi connectivity index (χ3v) is 4.59. The van der Waals surface area contributed by atoms with E-state index in [1.54, 1.807) is 37.6 Å². The highest BCUT2D eigenvalue weighted by atomic mass is 35.5. The lowest BCUT2D eigenvalue weighted by molar-refractivity contribution is 0.0955. The summed E-state index contributed by atoms with van der Waals surface area (Å²) in [5, 5.41) is 4.66. The minimum Gasteiger partial charge on any atom is -0.493 e. The van der Waals surface area contributed by atoms with Crippen molar-refractivity contribution in [3.63, 3.8) is 0 Å². The van der Waals surface area contributed by atoms with Crippen molar-refractivity contribution >= 4 is 23.7 Å². The molecule has 29 heavy (non-hydrogen) atoms. The number of carbonyl (C=O) groups excluding carboxylic acids is 1. The number of nitrogens with one attached hydrogen (secondary N) is 1. The van der Waals surface area contributed by atoms with Gasteiger partial charge in [-0.25, -0.2) is 5.43 Å². The number of rotatable bonds is 7. The van der Waals surface area contributed by atoms with E-state index in [0.717, 1.165) is 16.7 Å². The van der Waals surface area contributed by atoms with Gasteiger partial charge in [-0.1, -0.05) is 47.5 Å². The molecule has 0 atom stereocenters. The molecule has 0 unspecified atom stereocenters. The van der Waals surface area contributed by atoms with E-state index in [1.165, 1.54) is 0 Å². The van der Waals surface area contributed by atoms with Crippen molar-refractivity contribution in [2.24, 2.45) is 5.10 Å². The number of hydrogen-bond donors (Lipinski definition) is 1. The highest BCUT2D eigenvalue weighted by molar-refractivity contribution is 6.31. The molecular weight excluding hydrogens is 388 g/mol. The van der Waals surface area contributed by atoms with Crippen molar-refractivity contribution in [1.82, 2.24) is 5.43 Å². The van der Waals surface area contributed by atoms with Gasteiger partial charge in [-0.3, -0.25) is 4.79 Å². The summed E-state index contributed by atoms with van der Waals surface area (Å²) < 4.78 is 11.2. The standard InChI is InChI=1S/C23H21ClN2O3/c1-16-7-10-18(11-8-16)23(27)26-25-14-17-9-12-21(22(13-17)28-2)29-15-19-5-3-4-6-20(19)24/h3-14H,15H2,1-2H3,(H,26,27)/b25-14+. The number of hydrogen-bond acceptors (Lipinski definition) is 4. The van der Waals surface area contributed by atoms with Gasteiger partial charge in [0.15, 0.2) is 11.5 Å². The Balaban J connectivity index is 1.63. The van der Waals surface area contributed by atoms with E-state index in [-0.39, 0.29) is 5.91 Å². The van der Waals surface area contributed by atoms with Gasteiger partial charge < -0.3 is 9.47 Å². The molecule has 0 spiro atoms.